The monoisotopic (exact) mass is 491 g/mol. The maximum Gasteiger partial charge on any atom is 0.414 e. The standard InChI is InChI=1S/C28H33N3O5/c1-17-9-14-22-23(30(17)28(34)35-3)15-16-24-25(22)29-26(18(2)36-21-7-5-4-6-8-21)31(24)20-12-10-19(11-13-20)27(32)33/h4-8,15-20H,9-14H2,1-3H3,(H,32,33)/t17-,18+,19?,20?/m0/s1. The third-order valence-corrected chi connectivity index (χ3v) is 7.68. The first-order valence-electron chi connectivity index (χ1n) is 12.7. The van der Waals surface area contributed by atoms with E-state index < -0.39 is 5.97 Å². The van der Waals surface area contributed by atoms with E-state index in [0.29, 0.717) is 12.8 Å². The van der Waals surface area contributed by atoms with Crippen molar-refractivity contribution in [1.82, 2.24) is 9.55 Å². The van der Waals surface area contributed by atoms with E-state index >= 15 is 0 Å². The van der Waals surface area contributed by atoms with Crippen molar-refractivity contribution in [2.45, 2.75) is 70.6 Å². The second kappa shape index (κ2) is 9.84. The Morgan fingerprint density at radius 3 is 2.44 bits per heavy atom. The number of carbonyl (C=O) groups excluding carboxylic acids is 1. The number of ether oxygens (including phenoxy) is 2. The number of hydrogen-bond donors (Lipinski definition) is 1. The van der Waals surface area contributed by atoms with Gasteiger partial charge in [0.25, 0.3) is 0 Å². The fourth-order valence-corrected chi connectivity index (χ4v) is 5.80. The van der Waals surface area contributed by atoms with E-state index in [1.54, 1.807) is 4.90 Å². The number of nitrogens with zero attached hydrogens (tertiary/aromatic N) is 3. The van der Waals surface area contributed by atoms with Gasteiger partial charge in [0.05, 0.1) is 29.7 Å². The molecule has 3 aromatic rings. The summed E-state index contributed by atoms with van der Waals surface area (Å²) in [5, 5.41) is 9.50. The summed E-state index contributed by atoms with van der Waals surface area (Å²) in [6.45, 7) is 4.04. The van der Waals surface area contributed by atoms with Crippen LogP contribution in [0.4, 0.5) is 10.5 Å². The zero-order chi connectivity index (χ0) is 25.4. The van der Waals surface area contributed by atoms with E-state index in [9.17, 15) is 14.7 Å². The van der Waals surface area contributed by atoms with Gasteiger partial charge >= 0.3 is 12.1 Å². The number of hydrogen-bond acceptors (Lipinski definition) is 5. The quantitative estimate of drug-likeness (QED) is 0.478. The molecule has 2 aromatic carbocycles. The number of aromatic nitrogens is 2. The maximum atomic E-state index is 12.6. The third-order valence-electron chi connectivity index (χ3n) is 7.68. The average Bonchev–Trinajstić information content (AvgIpc) is 3.29. The Morgan fingerprint density at radius 2 is 1.78 bits per heavy atom. The van der Waals surface area contributed by atoms with Gasteiger partial charge in [-0.3, -0.25) is 9.69 Å². The van der Waals surface area contributed by atoms with Crippen LogP contribution in [-0.4, -0.2) is 39.9 Å². The summed E-state index contributed by atoms with van der Waals surface area (Å²) in [7, 11) is 1.41. The minimum Gasteiger partial charge on any atom is -0.483 e. The first-order valence-corrected chi connectivity index (χ1v) is 12.7. The van der Waals surface area contributed by atoms with Crippen LogP contribution in [0.5, 0.6) is 5.75 Å². The number of anilines is 1. The zero-order valence-corrected chi connectivity index (χ0v) is 21.0. The smallest absolute Gasteiger partial charge is 0.414 e. The van der Waals surface area contributed by atoms with Gasteiger partial charge in [-0.1, -0.05) is 18.2 Å². The molecular weight excluding hydrogens is 458 g/mol. The van der Waals surface area contributed by atoms with Crippen LogP contribution in [-0.2, 0) is 16.0 Å². The fourth-order valence-electron chi connectivity index (χ4n) is 5.80. The molecule has 1 saturated carbocycles. The molecule has 2 aliphatic rings. The van der Waals surface area contributed by atoms with Crippen LogP contribution in [0, 0.1) is 5.92 Å². The van der Waals surface area contributed by atoms with Crippen LogP contribution in [0.15, 0.2) is 42.5 Å². The van der Waals surface area contributed by atoms with Gasteiger partial charge in [0.2, 0.25) is 0 Å². The Kier molecular flexibility index (Phi) is 6.60. The summed E-state index contributed by atoms with van der Waals surface area (Å²) in [4.78, 5) is 31.0. The molecule has 8 nitrogen and oxygen atoms in total. The second-order valence-corrected chi connectivity index (χ2v) is 9.92. The zero-order valence-electron chi connectivity index (χ0n) is 21.0. The highest BCUT2D eigenvalue weighted by Gasteiger charge is 2.34. The number of benzene rings is 2. The summed E-state index contributed by atoms with van der Waals surface area (Å²) in [5.74, 6) is 0.589. The predicted octanol–water partition coefficient (Wildman–Crippen LogP) is 5.90. The molecule has 190 valence electrons. The topological polar surface area (TPSA) is 93.9 Å². The minimum atomic E-state index is -0.712. The van der Waals surface area contributed by atoms with Crippen molar-refractivity contribution in [2.24, 2.45) is 5.92 Å². The van der Waals surface area contributed by atoms with Crippen molar-refractivity contribution < 1.29 is 24.2 Å². The van der Waals surface area contributed by atoms with E-state index in [0.717, 1.165) is 59.5 Å². The Labute approximate surface area is 210 Å². The first-order chi connectivity index (χ1) is 17.4. The molecule has 0 spiro atoms. The van der Waals surface area contributed by atoms with Gasteiger partial charge in [-0.15, -0.1) is 0 Å². The minimum absolute atomic E-state index is 0.0376. The van der Waals surface area contributed by atoms with Crippen molar-refractivity contribution in [3.63, 3.8) is 0 Å². The lowest BCUT2D eigenvalue weighted by Gasteiger charge is -2.34. The van der Waals surface area contributed by atoms with E-state index in [2.05, 4.69) is 4.57 Å². The lowest BCUT2D eigenvalue weighted by atomic mass is 9.85. The molecule has 2 atom stereocenters. The molecule has 1 aromatic heterocycles. The van der Waals surface area contributed by atoms with E-state index in [1.807, 2.05) is 56.3 Å². The number of fused-ring (bicyclic) bond motifs is 3. The Bertz CT molecular complexity index is 1260. The Balaban J connectivity index is 1.60. The number of aliphatic carboxylic acids is 1. The van der Waals surface area contributed by atoms with Gasteiger partial charge in [-0.25, -0.2) is 9.78 Å². The molecule has 1 aliphatic carbocycles. The number of carboxylic acids is 1. The van der Waals surface area contributed by atoms with E-state index in [-0.39, 0.29) is 30.2 Å². The highest BCUT2D eigenvalue weighted by atomic mass is 16.5. The number of rotatable bonds is 5. The maximum absolute atomic E-state index is 12.6. The molecule has 5 rings (SSSR count). The fraction of sp³-hybridized carbons (Fsp3) is 0.464. The summed E-state index contributed by atoms with van der Waals surface area (Å²) in [6, 6.07) is 13.9. The summed E-state index contributed by atoms with van der Waals surface area (Å²) < 4.78 is 13.6. The lowest BCUT2D eigenvalue weighted by molar-refractivity contribution is -0.143. The van der Waals surface area contributed by atoms with Crippen LogP contribution in [0.25, 0.3) is 11.0 Å². The molecule has 1 fully saturated rings. The van der Waals surface area contributed by atoms with Crippen molar-refractivity contribution in [1.29, 1.82) is 0 Å². The van der Waals surface area contributed by atoms with Gasteiger partial charge in [0.1, 0.15) is 5.75 Å². The first kappa shape index (κ1) is 24.2. The molecular formula is C28H33N3O5. The van der Waals surface area contributed by atoms with Crippen molar-refractivity contribution >= 4 is 28.8 Å². The van der Waals surface area contributed by atoms with E-state index in [4.69, 9.17) is 14.5 Å². The molecule has 0 bridgehead atoms. The highest BCUT2D eigenvalue weighted by Crippen LogP contribution is 2.41. The second-order valence-electron chi connectivity index (χ2n) is 9.92. The Hall–Kier alpha value is -3.55. The van der Waals surface area contributed by atoms with Crippen LogP contribution in [0.3, 0.4) is 0 Å². The summed E-state index contributed by atoms with van der Waals surface area (Å²) >= 11 is 0. The molecule has 1 N–H and O–H groups in total. The largest absolute Gasteiger partial charge is 0.483 e. The van der Waals surface area contributed by atoms with Crippen molar-refractivity contribution in [3.8, 4) is 5.75 Å². The number of carboxylic acid groups (broad SMARTS) is 1. The third kappa shape index (κ3) is 4.29. The van der Waals surface area contributed by atoms with Crippen LogP contribution in [0.2, 0.25) is 0 Å². The van der Waals surface area contributed by atoms with Gasteiger partial charge in [0.15, 0.2) is 11.9 Å². The summed E-state index contributed by atoms with van der Waals surface area (Å²) in [5.41, 5.74) is 3.77. The number of amides is 1. The van der Waals surface area contributed by atoms with E-state index in [1.165, 1.54) is 7.11 Å². The lowest BCUT2D eigenvalue weighted by Crippen LogP contribution is -2.42. The van der Waals surface area contributed by atoms with Gasteiger partial charge in [-0.05, 0) is 76.6 Å². The predicted molar refractivity (Wildman–Crippen MR) is 137 cm³/mol. The highest BCUT2D eigenvalue weighted by molar-refractivity contribution is 5.95. The van der Waals surface area contributed by atoms with Crippen LogP contribution >= 0.6 is 0 Å². The molecule has 0 saturated heterocycles. The normalized spacial score (nSPS) is 22.6. The van der Waals surface area contributed by atoms with Crippen molar-refractivity contribution in [3.05, 3.63) is 53.9 Å². The SMILES string of the molecule is COC(=O)N1c2ccc3c(nc([C@@H](C)Oc4ccccc4)n3C3CCC(C(=O)O)CC3)c2CC[C@@H]1C. The van der Waals surface area contributed by atoms with Gasteiger partial charge in [0, 0.05) is 17.6 Å². The Morgan fingerprint density at radius 1 is 1.06 bits per heavy atom. The van der Waals surface area contributed by atoms with Gasteiger partial charge < -0.3 is 19.1 Å². The number of imidazole rings is 1. The van der Waals surface area contributed by atoms with Crippen LogP contribution in [0.1, 0.15) is 69.5 Å². The summed E-state index contributed by atoms with van der Waals surface area (Å²) in [6.07, 6.45) is 3.80. The molecule has 1 amide bonds. The molecule has 36 heavy (non-hydrogen) atoms. The number of para-hydroxylation sites is 1. The molecule has 1 aliphatic heterocycles. The molecule has 8 heteroatoms. The molecule has 0 radical (unpaired) electrons. The number of aryl methyl sites for hydroxylation is 1. The van der Waals surface area contributed by atoms with Crippen LogP contribution < -0.4 is 9.64 Å². The molecule has 0 unspecified atom stereocenters. The molecule has 2 heterocycles. The number of carbonyl (C=O) groups is 2. The average molecular weight is 492 g/mol. The number of methoxy groups -OCH3 is 1. The van der Waals surface area contributed by atoms with Crippen molar-refractivity contribution in [2.75, 3.05) is 12.0 Å². The van der Waals surface area contributed by atoms with Gasteiger partial charge in [-0.2, -0.15) is 0 Å².